The van der Waals surface area contributed by atoms with E-state index in [9.17, 15) is 9.59 Å². The molecule has 104 valence electrons. The van der Waals surface area contributed by atoms with E-state index in [0.29, 0.717) is 0 Å². The molecule has 1 saturated heterocycles. The quantitative estimate of drug-likeness (QED) is 0.742. The maximum atomic E-state index is 12.1. The first-order valence-electron chi connectivity index (χ1n) is 6.25. The number of nitrogens with zero attached hydrogens (tertiary/aromatic N) is 1. The minimum Gasteiger partial charge on any atom is -0.444 e. The number of rotatable bonds is 3. The molecule has 0 saturated carbocycles. The average Bonchev–Trinajstić information content (AvgIpc) is 2.78. The molecule has 0 aromatic carbocycles. The topological polar surface area (TPSA) is 46.6 Å². The molecule has 0 aromatic rings. The SMILES string of the molecule is CN(C(=O)OC(C)(C)C)C(C)(C=O)C1CCCS1. The highest BCUT2D eigenvalue weighted by molar-refractivity contribution is 8.00. The van der Waals surface area contributed by atoms with E-state index in [1.807, 2.05) is 27.7 Å². The number of thioether (sulfide) groups is 1. The summed E-state index contributed by atoms with van der Waals surface area (Å²) in [6.07, 6.45) is 2.50. The van der Waals surface area contributed by atoms with Crippen LogP contribution >= 0.6 is 11.8 Å². The Morgan fingerprint density at radius 3 is 2.39 bits per heavy atom. The van der Waals surface area contributed by atoms with Crippen molar-refractivity contribution in [2.45, 2.75) is 56.9 Å². The Kier molecular flexibility index (Phi) is 4.70. The second-order valence-electron chi connectivity index (χ2n) is 5.88. The molecule has 2 unspecified atom stereocenters. The summed E-state index contributed by atoms with van der Waals surface area (Å²) < 4.78 is 5.33. The van der Waals surface area contributed by atoms with Crippen LogP contribution in [0, 0.1) is 0 Å². The maximum Gasteiger partial charge on any atom is 0.410 e. The summed E-state index contributed by atoms with van der Waals surface area (Å²) in [6, 6.07) is 0. The van der Waals surface area contributed by atoms with Gasteiger partial charge in [-0.1, -0.05) is 0 Å². The monoisotopic (exact) mass is 273 g/mol. The smallest absolute Gasteiger partial charge is 0.410 e. The zero-order valence-electron chi connectivity index (χ0n) is 11.9. The van der Waals surface area contributed by atoms with Gasteiger partial charge < -0.3 is 9.53 Å². The molecule has 5 heteroatoms. The molecule has 4 nitrogen and oxygen atoms in total. The minimum absolute atomic E-state index is 0.160. The lowest BCUT2D eigenvalue weighted by Gasteiger charge is -2.39. The minimum atomic E-state index is -0.788. The first kappa shape index (κ1) is 15.3. The van der Waals surface area contributed by atoms with Gasteiger partial charge in [0.05, 0.1) is 0 Å². The number of aldehydes is 1. The van der Waals surface area contributed by atoms with Crippen molar-refractivity contribution in [1.82, 2.24) is 4.90 Å². The summed E-state index contributed by atoms with van der Waals surface area (Å²) in [5.74, 6) is 1.05. The van der Waals surface area contributed by atoms with Crippen molar-refractivity contribution in [3.63, 3.8) is 0 Å². The number of amides is 1. The van der Waals surface area contributed by atoms with Crippen LogP contribution in [0.25, 0.3) is 0 Å². The molecule has 0 radical (unpaired) electrons. The van der Waals surface area contributed by atoms with Crippen molar-refractivity contribution < 1.29 is 14.3 Å². The zero-order valence-corrected chi connectivity index (χ0v) is 12.7. The highest BCUT2D eigenvalue weighted by Crippen LogP contribution is 2.36. The summed E-state index contributed by atoms with van der Waals surface area (Å²) in [5, 5.41) is 0.160. The van der Waals surface area contributed by atoms with E-state index in [1.165, 1.54) is 4.90 Å². The summed E-state index contributed by atoms with van der Waals surface area (Å²) in [7, 11) is 1.64. The van der Waals surface area contributed by atoms with Crippen LogP contribution < -0.4 is 0 Å². The van der Waals surface area contributed by atoms with E-state index in [0.717, 1.165) is 24.9 Å². The highest BCUT2D eigenvalue weighted by atomic mass is 32.2. The third-order valence-corrected chi connectivity index (χ3v) is 4.85. The number of ether oxygens (including phenoxy) is 1. The van der Waals surface area contributed by atoms with Crippen LogP contribution in [-0.2, 0) is 9.53 Å². The van der Waals surface area contributed by atoms with Crippen LogP contribution in [0.4, 0.5) is 4.79 Å². The standard InChI is InChI=1S/C13H23NO3S/c1-12(2,3)17-11(16)14(5)13(4,9-15)10-7-6-8-18-10/h9-10H,6-8H2,1-5H3. The fourth-order valence-corrected chi connectivity index (χ4v) is 3.44. The van der Waals surface area contributed by atoms with E-state index in [2.05, 4.69) is 0 Å². The van der Waals surface area contributed by atoms with E-state index < -0.39 is 17.2 Å². The fourth-order valence-electron chi connectivity index (χ4n) is 1.94. The Morgan fingerprint density at radius 2 is 2.00 bits per heavy atom. The van der Waals surface area contributed by atoms with Crippen LogP contribution in [0.15, 0.2) is 0 Å². The molecular weight excluding hydrogens is 250 g/mol. The second-order valence-corrected chi connectivity index (χ2v) is 7.20. The summed E-state index contributed by atoms with van der Waals surface area (Å²) in [4.78, 5) is 25.0. The molecule has 0 spiro atoms. The number of hydrogen-bond donors (Lipinski definition) is 0. The molecule has 0 aromatic heterocycles. The summed E-state index contributed by atoms with van der Waals surface area (Å²) >= 11 is 1.76. The van der Waals surface area contributed by atoms with Crippen molar-refractivity contribution in [3.05, 3.63) is 0 Å². The number of likely N-dealkylation sites (N-methyl/N-ethyl adjacent to an activating group) is 1. The lowest BCUT2D eigenvalue weighted by atomic mass is 9.95. The molecule has 0 N–H and O–H groups in total. The van der Waals surface area contributed by atoms with Gasteiger partial charge in [-0.2, -0.15) is 11.8 Å². The van der Waals surface area contributed by atoms with Gasteiger partial charge in [-0.05, 0) is 46.3 Å². The van der Waals surface area contributed by atoms with Crippen molar-refractivity contribution in [2.24, 2.45) is 0 Å². The van der Waals surface area contributed by atoms with E-state index >= 15 is 0 Å². The number of carbonyl (C=O) groups is 2. The van der Waals surface area contributed by atoms with Crippen LogP contribution in [0.2, 0.25) is 0 Å². The summed E-state index contributed by atoms with van der Waals surface area (Å²) in [5.41, 5.74) is -1.33. The maximum absolute atomic E-state index is 12.1. The molecule has 1 aliphatic heterocycles. The van der Waals surface area contributed by atoms with Gasteiger partial charge in [-0.3, -0.25) is 4.90 Å². The molecule has 1 fully saturated rings. The normalized spacial score (nSPS) is 23.3. The van der Waals surface area contributed by atoms with Gasteiger partial charge in [-0.25, -0.2) is 4.79 Å². The third kappa shape index (κ3) is 3.40. The van der Waals surface area contributed by atoms with Crippen molar-refractivity contribution >= 4 is 24.1 Å². The van der Waals surface area contributed by atoms with Gasteiger partial charge in [0, 0.05) is 12.3 Å². The lowest BCUT2D eigenvalue weighted by molar-refractivity contribution is -0.117. The Labute approximate surface area is 113 Å². The first-order valence-corrected chi connectivity index (χ1v) is 7.30. The second kappa shape index (κ2) is 5.51. The van der Waals surface area contributed by atoms with Gasteiger partial charge >= 0.3 is 6.09 Å². The molecule has 1 heterocycles. The average molecular weight is 273 g/mol. The lowest BCUT2D eigenvalue weighted by Crippen LogP contribution is -2.55. The molecule has 2 atom stereocenters. The molecule has 1 aliphatic rings. The fraction of sp³-hybridized carbons (Fsp3) is 0.846. The van der Waals surface area contributed by atoms with E-state index in [1.54, 1.807) is 18.8 Å². The predicted octanol–water partition coefficient (Wildman–Crippen LogP) is 2.71. The van der Waals surface area contributed by atoms with E-state index in [4.69, 9.17) is 4.74 Å². The van der Waals surface area contributed by atoms with Crippen molar-refractivity contribution in [3.8, 4) is 0 Å². The third-order valence-electron chi connectivity index (χ3n) is 3.21. The highest BCUT2D eigenvalue weighted by Gasteiger charge is 2.43. The first-order chi connectivity index (χ1) is 8.20. The van der Waals surface area contributed by atoms with Crippen LogP contribution in [0.1, 0.15) is 40.5 Å². The molecule has 1 rings (SSSR count). The van der Waals surface area contributed by atoms with Crippen molar-refractivity contribution in [1.29, 1.82) is 0 Å². The van der Waals surface area contributed by atoms with Gasteiger partial charge in [0.15, 0.2) is 0 Å². The number of hydrogen-bond acceptors (Lipinski definition) is 4. The van der Waals surface area contributed by atoms with Gasteiger partial charge in [0.2, 0.25) is 0 Å². The van der Waals surface area contributed by atoms with Crippen LogP contribution in [0.5, 0.6) is 0 Å². The van der Waals surface area contributed by atoms with Crippen molar-refractivity contribution in [2.75, 3.05) is 12.8 Å². The Bertz CT molecular complexity index is 321. The van der Waals surface area contributed by atoms with Crippen LogP contribution in [0.3, 0.4) is 0 Å². The molecule has 0 bridgehead atoms. The Hall–Kier alpha value is -0.710. The Morgan fingerprint density at radius 1 is 1.39 bits per heavy atom. The largest absolute Gasteiger partial charge is 0.444 e. The molecule has 0 aliphatic carbocycles. The molecule has 1 amide bonds. The molecule has 18 heavy (non-hydrogen) atoms. The number of carbonyl (C=O) groups excluding carboxylic acids is 2. The van der Waals surface area contributed by atoms with Gasteiger partial charge in [-0.15, -0.1) is 0 Å². The Balaban J connectivity index is 2.80. The molecular formula is C13H23NO3S. The van der Waals surface area contributed by atoms with Gasteiger partial charge in [0.1, 0.15) is 17.4 Å². The predicted molar refractivity (Wildman–Crippen MR) is 73.9 cm³/mol. The zero-order chi connectivity index (χ0) is 14.0. The van der Waals surface area contributed by atoms with E-state index in [-0.39, 0.29) is 5.25 Å². The van der Waals surface area contributed by atoms with Gasteiger partial charge in [0.25, 0.3) is 0 Å². The van der Waals surface area contributed by atoms with Crippen LogP contribution in [-0.4, -0.2) is 46.5 Å². The summed E-state index contributed by atoms with van der Waals surface area (Å²) in [6.45, 7) is 7.27.